The molecule has 0 radical (unpaired) electrons. The summed E-state index contributed by atoms with van der Waals surface area (Å²) in [4.78, 5) is 30.0. The average molecular weight is 509 g/mol. The first-order valence-electron chi connectivity index (χ1n) is 12.3. The van der Waals surface area contributed by atoms with E-state index in [0.717, 1.165) is 37.7 Å². The lowest BCUT2D eigenvalue weighted by Crippen LogP contribution is -2.40. The predicted octanol–water partition coefficient (Wildman–Crippen LogP) is 3.10. The van der Waals surface area contributed by atoms with Crippen LogP contribution in [-0.2, 0) is 15.7 Å². The molecule has 3 heterocycles. The average Bonchev–Trinajstić information content (AvgIpc) is 3.31. The molecule has 2 aromatic rings. The number of amides is 1. The van der Waals surface area contributed by atoms with Crippen molar-refractivity contribution in [3.8, 4) is 0 Å². The zero-order valence-electron chi connectivity index (χ0n) is 19.9. The Morgan fingerprint density at radius 1 is 1.17 bits per heavy atom. The van der Waals surface area contributed by atoms with E-state index in [4.69, 9.17) is 4.74 Å². The molecule has 12 heteroatoms. The van der Waals surface area contributed by atoms with Crippen LogP contribution in [-0.4, -0.2) is 59.0 Å². The molecule has 0 unspecified atom stereocenters. The summed E-state index contributed by atoms with van der Waals surface area (Å²) >= 11 is 0. The summed E-state index contributed by atoms with van der Waals surface area (Å²) < 4.78 is 46.0. The molecular formula is C24H31F3N6O3. The Kier molecular flexibility index (Phi) is 8.44. The highest BCUT2D eigenvalue weighted by Gasteiger charge is 2.40. The normalized spacial score (nSPS) is 22.4. The number of carbonyl (C=O) groups is 1. The van der Waals surface area contributed by atoms with Gasteiger partial charge in [0.15, 0.2) is 0 Å². The van der Waals surface area contributed by atoms with Crippen molar-refractivity contribution in [2.75, 3.05) is 30.0 Å². The van der Waals surface area contributed by atoms with Crippen molar-refractivity contribution in [2.45, 2.75) is 69.2 Å². The van der Waals surface area contributed by atoms with Gasteiger partial charge in [-0.2, -0.15) is 18.3 Å². The van der Waals surface area contributed by atoms with Crippen molar-refractivity contribution in [3.63, 3.8) is 0 Å². The van der Waals surface area contributed by atoms with Crippen LogP contribution in [0, 0.1) is 0 Å². The van der Waals surface area contributed by atoms with Crippen molar-refractivity contribution in [1.29, 1.82) is 0 Å². The molecule has 1 aliphatic carbocycles. The third-order valence-electron chi connectivity index (χ3n) is 6.70. The molecule has 2 fully saturated rings. The van der Waals surface area contributed by atoms with Gasteiger partial charge in [-0.05, 0) is 50.7 Å². The lowest BCUT2D eigenvalue weighted by Gasteiger charge is -2.30. The summed E-state index contributed by atoms with van der Waals surface area (Å²) in [5.74, 6) is 0.755. The number of pyridine rings is 1. The van der Waals surface area contributed by atoms with Crippen molar-refractivity contribution in [1.82, 2.24) is 20.5 Å². The zero-order chi connectivity index (χ0) is 25.5. The SMILES string of the molecule is O=C(CCOC[C@@H]1CCCN1c1cn[nH]c(=O)c1C(F)(F)F)NC1CCC(Nc2ccccn2)CC1. The van der Waals surface area contributed by atoms with Crippen LogP contribution in [0.2, 0.25) is 0 Å². The standard InChI is InChI=1S/C24H31F3N6O3/c25-24(26,27)22-19(14-29-32-23(22)35)33-12-3-4-18(33)15-36-13-10-21(34)31-17-8-6-16(7-9-17)30-20-5-1-2-11-28-20/h1-2,5,11,14,16-18H,3-4,6-10,12-13,15H2,(H,28,30)(H,31,34)(H,32,35)/t16?,17?,18-/m0/s1. The molecule has 1 saturated heterocycles. The van der Waals surface area contributed by atoms with Crippen LogP contribution in [0.1, 0.15) is 50.5 Å². The molecule has 1 amide bonds. The van der Waals surface area contributed by atoms with Gasteiger partial charge in [0.25, 0.3) is 5.56 Å². The maximum absolute atomic E-state index is 13.4. The number of aromatic nitrogens is 3. The summed E-state index contributed by atoms with van der Waals surface area (Å²) in [6.45, 7) is 0.717. The van der Waals surface area contributed by atoms with E-state index in [2.05, 4.69) is 20.7 Å². The third kappa shape index (κ3) is 6.74. The van der Waals surface area contributed by atoms with Gasteiger partial charge in [-0.3, -0.25) is 9.59 Å². The smallest absolute Gasteiger partial charge is 0.379 e. The minimum absolute atomic E-state index is 0.0995. The summed E-state index contributed by atoms with van der Waals surface area (Å²) in [5.41, 5.74) is -2.73. The van der Waals surface area contributed by atoms with Gasteiger partial charge in [0.1, 0.15) is 11.4 Å². The topological polar surface area (TPSA) is 112 Å². The Labute approximate surface area is 206 Å². The number of carbonyl (C=O) groups excluding carboxylic acids is 1. The van der Waals surface area contributed by atoms with Crippen molar-refractivity contribution in [2.24, 2.45) is 0 Å². The predicted molar refractivity (Wildman–Crippen MR) is 128 cm³/mol. The first-order valence-corrected chi connectivity index (χ1v) is 12.3. The van der Waals surface area contributed by atoms with Crippen LogP contribution in [0.25, 0.3) is 0 Å². The fraction of sp³-hybridized carbons (Fsp3) is 0.583. The van der Waals surface area contributed by atoms with Gasteiger partial charge in [0.05, 0.1) is 31.1 Å². The van der Waals surface area contributed by atoms with Gasteiger partial charge in [-0.1, -0.05) is 6.07 Å². The number of hydrogen-bond donors (Lipinski definition) is 3. The van der Waals surface area contributed by atoms with E-state index in [9.17, 15) is 22.8 Å². The fourth-order valence-electron chi connectivity index (χ4n) is 4.93. The Balaban J connectivity index is 1.18. The van der Waals surface area contributed by atoms with Crippen molar-refractivity contribution >= 4 is 17.4 Å². The summed E-state index contributed by atoms with van der Waals surface area (Å²) in [6.07, 6.45) is 3.11. The number of halogens is 3. The van der Waals surface area contributed by atoms with Crippen LogP contribution in [0.4, 0.5) is 24.7 Å². The molecule has 1 aliphatic heterocycles. The number of aromatic amines is 1. The van der Waals surface area contributed by atoms with E-state index in [0.29, 0.717) is 25.4 Å². The highest BCUT2D eigenvalue weighted by molar-refractivity contribution is 5.76. The molecule has 0 bridgehead atoms. The van der Waals surface area contributed by atoms with Gasteiger partial charge >= 0.3 is 6.18 Å². The molecular weight excluding hydrogens is 477 g/mol. The van der Waals surface area contributed by atoms with E-state index in [1.807, 2.05) is 23.3 Å². The molecule has 2 aromatic heterocycles. The number of nitrogens with zero attached hydrogens (tertiary/aromatic N) is 3. The zero-order valence-corrected chi connectivity index (χ0v) is 19.9. The minimum Gasteiger partial charge on any atom is -0.379 e. The lowest BCUT2D eigenvalue weighted by atomic mass is 9.91. The van der Waals surface area contributed by atoms with E-state index in [1.165, 1.54) is 4.90 Å². The quantitative estimate of drug-likeness (QED) is 0.446. The maximum atomic E-state index is 13.4. The second kappa shape index (κ2) is 11.7. The van der Waals surface area contributed by atoms with Crippen molar-refractivity contribution < 1.29 is 22.7 Å². The van der Waals surface area contributed by atoms with Gasteiger partial charge in [0, 0.05) is 31.2 Å². The van der Waals surface area contributed by atoms with E-state index < -0.39 is 17.3 Å². The summed E-state index contributed by atoms with van der Waals surface area (Å²) in [6, 6.07) is 5.88. The largest absolute Gasteiger partial charge is 0.423 e. The number of nitrogens with one attached hydrogen (secondary N) is 3. The molecule has 2 aliphatic rings. The second-order valence-electron chi connectivity index (χ2n) is 9.25. The third-order valence-corrected chi connectivity index (χ3v) is 6.70. The van der Waals surface area contributed by atoms with E-state index in [1.54, 1.807) is 6.20 Å². The monoisotopic (exact) mass is 508 g/mol. The Hall–Kier alpha value is -3.15. The van der Waals surface area contributed by atoms with E-state index in [-0.39, 0.29) is 43.3 Å². The van der Waals surface area contributed by atoms with Crippen LogP contribution in [0.3, 0.4) is 0 Å². The van der Waals surface area contributed by atoms with Gasteiger partial charge in [0.2, 0.25) is 5.91 Å². The Bertz CT molecular complexity index is 1060. The summed E-state index contributed by atoms with van der Waals surface area (Å²) in [5, 5.41) is 11.9. The number of H-pyrrole nitrogens is 1. The molecule has 3 N–H and O–H groups in total. The molecule has 9 nitrogen and oxygen atoms in total. The number of hydrogen-bond acceptors (Lipinski definition) is 7. The minimum atomic E-state index is -4.79. The second-order valence-corrected chi connectivity index (χ2v) is 9.25. The molecule has 4 rings (SSSR count). The molecule has 36 heavy (non-hydrogen) atoms. The number of alkyl halides is 3. The molecule has 0 aromatic carbocycles. The fourth-order valence-corrected chi connectivity index (χ4v) is 4.93. The molecule has 196 valence electrons. The number of anilines is 2. The van der Waals surface area contributed by atoms with E-state index >= 15 is 0 Å². The first-order chi connectivity index (χ1) is 17.3. The lowest BCUT2D eigenvalue weighted by molar-refractivity contribution is -0.138. The van der Waals surface area contributed by atoms with Crippen molar-refractivity contribution in [3.05, 3.63) is 46.5 Å². The number of ether oxygens (including phenoxy) is 1. The summed E-state index contributed by atoms with van der Waals surface area (Å²) in [7, 11) is 0. The molecule has 0 spiro atoms. The maximum Gasteiger partial charge on any atom is 0.423 e. The number of rotatable bonds is 9. The van der Waals surface area contributed by atoms with Gasteiger partial charge < -0.3 is 20.3 Å². The van der Waals surface area contributed by atoms with Crippen LogP contribution >= 0.6 is 0 Å². The highest BCUT2D eigenvalue weighted by atomic mass is 19.4. The van der Waals surface area contributed by atoms with Crippen LogP contribution in [0.5, 0.6) is 0 Å². The Morgan fingerprint density at radius 2 is 1.94 bits per heavy atom. The molecule has 1 atom stereocenters. The van der Waals surface area contributed by atoms with Crippen LogP contribution < -0.4 is 21.1 Å². The van der Waals surface area contributed by atoms with Crippen LogP contribution in [0.15, 0.2) is 35.4 Å². The first kappa shape index (κ1) is 25.9. The molecule has 1 saturated carbocycles. The Morgan fingerprint density at radius 3 is 2.67 bits per heavy atom. The van der Waals surface area contributed by atoms with Gasteiger partial charge in [-0.25, -0.2) is 10.1 Å². The van der Waals surface area contributed by atoms with Gasteiger partial charge in [-0.15, -0.1) is 0 Å². The highest BCUT2D eigenvalue weighted by Crippen LogP contribution is 2.36.